The van der Waals surface area contributed by atoms with E-state index in [-0.39, 0.29) is 6.04 Å². The third-order valence-corrected chi connectivity index (χ3v) is 4.04. The Balaban J connectivity index is 1.87. The summed E-state index contributed by atoms with van der Waals surface area (Å²) < 4.78 is 5.63. The molecule has 2 aromatic heterocycles. The number of cyclic esters (lactones) is 1. The predicted octanol–water partition coefficient (Wildman–Crippen LogP) is 2.75. The molecule has 1 saturated heterocycles. The Labute approximate surface area is 115 Å². The molecule has 7 heteroatoms. The third-order valence-electron chi connectivity index (χ3n) is 2.46. The van der Waals surface area contributed by atoms with E-state index in [1.54, 1.807) is 6.20 Å². The number of aromatic nitrogens is 2. The summed E-state index contributed by atoms with van der Waals surface area (Å²) >= 11 is 4.84. The van der Waals surface area contributed by atoms with Gasteiger partial charge in [-0.15, -0.1) is 11.3 Å². The summed E-state index contributed by atoms with van der Waals surface area (Å²) in [7, 11) is 0. The molecule has 3 rings (SSSR count). The largest absolute Gasteiger partial charge is 0.447 e. The van der Waals surface area contributed by atoms with Crippen LogP contribution in [0.15, 0.2) is 29.0 Å². The molecule has 1 N–H and O–H groups in total. The Hall–Kier alpha value is -1.47. The van der Waals surface area contributed by atoms with Crippen LogP contribution >= 0.6 is 27.3 Å². The molecule has 3 heterocycles. The number of amides is 1. The van der Waals surface area contributed by atoms with Gasteiger partial charge >= 0.3 is 6.09 Å². The lowest BCUT2D eigenvalue weighted by Gasteiger charge is -2.00. The number of ether oxygens (including phenoxy) is 1. The van der Waals surface area contributed by atoms with E-state index < -0.39 is 6.09 Å². The van der Waals surface area contributed by atoms with Crippen LogP contribution in [0.1, 0.15) is 11.0 Å². The Morgan fingerprint density at radius 1 is 1.50 bits per heavy atom. The Kier molecular flexibility index (Phi) is 3.00. The van der Waals surface area contributed by atoms with E-state index in [4.69, 9.17) is 4.74 Å². The lowest BCUT2D eigenvalue weighted by Crippen LogP contribution is -2.17. The molecule has 1 atom stereocenters. The van der Waals surface area contributed by atoms with Gasteiger partial charge in [0.25, 0.3) is 0 Å². The van der Waals surface area contributed by atoms with E-state index in [9.17, 15) is 4.79 Å². The van der Waals surface area contributed by atoms with Crippen molar-refractivity contribution in [2.75, 3.05) is 6.61 Å². The molecule has 0 spiro atoms. The van der Waals surface area contributed by atoms with Gasteiger partial charge in [-0.2, -0.15) is 0 Å². The van der Waals surface area contributed by atoms with Gasteiger partial charge in [0.1, 0.15) is 22.3 Å². The highest BCUT2D eigenvalue weighted by molar-refractivity contribution is 9.10. The maximum absolute atomic E-state index is 11.0. The first-order chi connectivity index (χ1) is 8.72. The average molecular weight is 326 g/mol. The van der Waals surface area contributed by atoms with Gasteiger partial charge in [-0.05, 0) is 28.1 Å². The van der Waals surface area contributed by atoms with Gasteiger partial charge in [0.2, 0.25) is 0 Å². The van der Waals surface area contributed by atoms with E-state index in [0.29, 0.717) is 6.61 Å². The van der Waals surface area contributed by atoms with Gasteiger partial charge in [-0.1, -0.05) is 6.07 Å². The van der Waals surface area contributed by atoms with Crippen LogP contribution in [0.3, 0.4) is 0 Å². The first-order valence-electron chi connectivity index (χ1n) is 5.24. The Morgan fingerprint density at radius 3 is 3.11 bits per heavy atom. The second-order valence-electron chi connectivity index (χ2n) is 3.70. The molecule has 0 aliphatic carbocycles. The third kappa shape index (κ3) is 2.23. The normalized spacial score (nSPS) is 18.5. The fourth-order valence-corrected chi connectivity index (χ4v) is 2.90. The molecule has 0 aromatic carbocycles. The highest BCUT2D eigenvalue weighted by Crippen LogP contribution is 2.30. The molecule has 1 amide bonds. The van der Waals surface area contributed by atoms with Crippen LogP contribution < -0.4 is 5.32 Å². The van der Waals surface area contributed by atoms with Gasteiger partial charge in [0.15, 0.2) is 0 Å². The zero-order valence-corrected chi connectivity index (χ0v) is 11.5. The molecule has 2 aromatic rings. The van der Waals surface area contributed by atoms with Gasteiger partial charge < -0.3 is 10.1 Å². The summed E-state index contributed by atoms with van der Waals surface area (Å²) in [5.41, 5.74) is 0.860. The molecule has 0 unspecified atom stereocenters. The van der Waals surface area contributed by atoms with Crippen molar-refractivity contribution in [2.45, 2.75) is 6.04 Å². The molecule has 18 heavy (non-hydrogen) atoms. The van der Waals surface area contributed by atoms with Gasteiger partial charge in [0, 0.05) is 6.20 Å². The number of pyridine rings is 1. The summed E-state index contributed by atoms with van der Waals surface area (Å²) in [4.78, 5) is 20.6. The number of carbonyl (C=O) groups excluding carboxylic acids is 1. The quantitative estimate of drug-likeness (QED) is 0.862. The van der Waals surface area contributed by atoms with Crippen molar-refractivity contribution in [2.24, 2.45) is 0 Å². The number of nitrogens with zero attached hydrogens (tertiary/aromatic N) is 2. The molecule has 1 aliphatic heterocycles. The highest BCUT2D eigenvalue weighted by Gasteiger charge is 2.26. The van der Waals surface area contributed by atoms with E-state index in [0.717, 1.165) is 20.2 Å². The fourth-order valence-electron chi connectivity index (χ4n) is 1.63. The number of halogens is 1. The molecule has 0 saturated carbocycles. The fraction of sp³-hybridized carbons (Fsp3) is 0.182. The summed E-state index contributed by atoms with van der Waals surface area (Å²) in [6.07, 6.45) is 1.37. The second-order valence-corrected chi connectivity index (χ2v) is 5.58. The number of hydrogen-bond donors (Lipinski definition) is 1. The lowest BCUT2D eigenvalue weighted by molar-refractivity contribution is 0.177. The van der Waals surface area contributed by atoms with E-state index in [1.807, 2.05) is 18.2 Å². The van der Waals surface area contributed by atoms with Crippen LogP contribution in [0.25, 0.3) is 10.6 Å². The number of alkyl carbamates (subject to hydrolysis) is 1. The first-order valence-corrected chi connectivity index (χ1v) is 6.85. The number of rotatable bonds is 2. The van der Waals surface area contributed by atoms with Gasteiger partial charge in [-0.25, -0.2) is 14.8 Å². The summed E-state index contributed by atoms with van der Waals surface area (Å²) in [5.74, 6) is 0. The number of hydrogen-bond acceptors (Lipinski definition) is 5. The summed E-state index contributed by atoms with van der Waals surface area (Å²) in [5, 5.41) is 3.53. The number of nitrogens with one attached hydrogen (secondary N) is 1. The van der Waals surface area contributed by atoms with Crippen molar-refractivity contribution in [3.05, 3.63) is 34.0 Å². The maximum Gasteiger partial charge on any atom is 0.407 e. The van der Waals surface area contributed by atoms with Crippen molar-refractivity contribution in [1.29, 1.82) is 0 Å². The average Bonchev–Trinajstić information content (AvgIpc) is 2.97. The van der Waals surface area contributed by atoms with Crippen LogP contribution in [0.4, 0.5) is 4.79 Å². The maximum atomic E-state index is 11.0. The van der Waals surface area contributed by atoms with E-state index in [2.05, 4.69) is 31.2 Å². The van der Waals surface area contributed by atoms with Crippen LogP contribution in [0.5, 0.6) is 0 Å². The monoisotopic (exact) mass is 325 g/mol. The molecule has 1 aliphatic rings. The van der Waals surface area contributed by atoms with Gasteiger partial charge in [0.05, 0.1) is 10.6 Å². The minimum atomic E-state index is -0.391. The number of thiazole rings is 1. The molecule has 0 bridgehead atoms. The minimum absolute atomic E-state index is 0.150. The zero-order valence-electron chi connectivity index (χ0n) is 9.09. The van der Waals surface area contributed by atoms with Crippen molar-refractivity contribution in [1.82, 2.24) is 15.3 Å². The van der Waals surface area contributed by atoms with Gasteiger partial charge in [-0.3, -0.25) is 0 Å². The highest BCUT2D eigenvalue weighted by atomic mass is 79.9. The van der Waals surface area contributed by atoms with E-state index in [1.165, 1.54) is 11.3 Å². The second kappa shape index (κ2) is 4.66. The molecule has 92 valence electrons. The van der Waals surface area contributed by atoms with E-state index >= 15 is 0 Å². The minimum Gasteiger partial charge on any atom is -0.447 e. The zero-order chi connectivity index (χ0) is 12.5. The van der Waals surface area contributed by atoms with Crippen LogP contribution in [0, 0.1) is 0 Å². The lowest BCUT2D eigenvalue weighted by atomic mass is 10.3. The topological polar surface area (TPSA) is 64.1 Å². The molecule has 1 fully saturated rings. The summed E-state index contributed by atoms with van der Waals surface area (Å²) in [6.45, 7) is 0.331. The standard InChI is InChI=1S/C11H8BrN3O2S/c12-9-3-1-2-6(14-9)8-4-13-10(18-8)7-5-17-11(16)15-7/h1-4,7H,5H2,(H,15,16)/t7-/m0/s1. The molecule has 5 nitrogen and oxygen atoms in total. The first kappa shape index (κ1) is 11.6. The van der Waals surface area contributed by atoms with Crippen molar-refractivity contribution in [3.63, 3.8) is 0 Å². The van der Waals surface area contributed by atoms with Crippen molar-refractivity contribution in [3.8, 4) is 10.6 Å². The van der Waals surface area contributed by atoms with Crippen LogP contribution in [-0.2, 0) is 4.74 Å². The van der Waals surface area contributed by atoms with Crippen LogP contribution in [-0.4, -0.2) is 22.7 Å². The molecular formula is C11H8BrN3O2S. The Bertz CT molecular complexity index is 601. The Morgan fingerprint density at radius 2 is 2.39 bits per heavy atom. The SMILES string of the molecule is O=C1N[C@H](c2ncc(-c3cccc(Br)n3)s2)CO1. The van der Waals surface area contributed by atoms with Crippen molar-refractivity contribution >= 4 is 33.4 Å². The predicted molar refractivity (Wildman–Crippen MR) is 70.3 cm³/mol. The summed E-state index contributed by atoms with van der Waals surface area (Å²) in [6, 6.07) is 5.57. The van der Waals surface area contributed by atoms with Crippen LogP contribution in [0.2, 0.25) is 0 Å². The van der Waals surface area contributed by atoms with Crippen molar-refractivity contribution < 1.29 is 9.53 Å². The molecule has 0 radical (unpaired) electrons. The number of carbonyl (C=O) groups is 1. The molecular weight excluding hydrogens is 318 g/mol. The smallest absolute Gasteiger partial charge is 0.407 e.